The molecule has 0 spiro atoms. The lowest BCUT2D eigenvalue weighted by atomic mass is 10.2. The van der Waals surface area contributed by atoms with Crippen molar-refractivity contribution in [2.75, 3.05) is 24.9 Å². The van der Waals surface area contributed by atoms with Crippen molar-refractivity contribution in [2.24, 2.45) is 5.92 Å². The molecule has 0 aliphatic heterocycles. The number of nitrogens with two attached hydrogens (primary N) is 1. The molecule has 0 bridgehead atoms. The van der Waals surface area contributed by atoms with E-state index in [1.54, 1.807) is 7.11 Å². The van der Waals surface area contributed by atoms with Crippen molar-refractivity contribution < 1.29 is 4.74 Å². The van der Waals surface area contributed by atoms with Crippen LogP contribution in [0.15, 0.2) is 18.2 Å². The summed E-state index contributed by atoms with van der Waals surface area (Å²) in [5, 5.41) is 0. The molecule has 0 radical (unpaired) electrons. The second kappa shape index (κ2) is 5.52. The molecule has 0 aliphatic rings. The molecule has 98 valence electrons. The van der Waals surface area contributed by atoms with Gasteiger partial charge in [-0.3, -0.25) is 0 Å². The quantitative estimate of drug-likeness (QED) is 0.903. The molecule has 1 unspecified atom stereocenters. The number of aromatic nitrogens is 2. The van der Waals surface area contributed by atoms with E-state index in [0.717, 1.165) is 29.1 Å². The second-order valence-corrected chi connectivity index (χ2v) is 5.41. The molecular weight excluding hydrogens is 246 g/mol. The van der Waals surface area contributed by atoms with Crippen LogP contribution in [0.1, 0.15) is 6.92 Å². The average molecular weight is 265 g/mol. The summed E-state index contributed by atoms with van der Waals surface area (Å²) < 4.78 is 7.28. The highest BCUT2D eigenvalue weighted by molar-refractivity contribution is 7.98. The molecule has 0 aliphatic carbocycles. The lowest BCUT2D eigenvalue weighted by molar-refractivity contribution is 0.415. The van der Waals surface area contributed by atoms with Crippen LogP contribution in [-0.4, -0.2) is 28.7 Å². The van der Waals surface area contributed by atoms with Crippen molar-refractivity contribution in [1.29, 1.82) is 0 Å². The van der Waals surface area contributed by atoms with E-state index in [9.17, 15) is 0 Å². The van der Waals surface area contributed by atoms with Crippen LogP contribution in [0.3, 0.4) is 0 Å². The minimum Gasteiger partial charge on any atom is -0.497 e. The summed E-state index contributed by atoms with van der Waals surface area (Å²) in [5.41, 5.74) is 7.96. The fourth-order valence-corrected chi connectivity index (χ4v) is 2.77. The molecule has 2 N–H and O–H groups in total. The number of nitrogens with zero attached hydrogens (tertiary/aromatic N) is 2. The minimum atomic E-state index is 0.571. The predicted molar refractivity (Wildman–Crippen MR) is 78.2 cm³/mol. The smallest absolute Gasteiger partial charge is 0.201 e. The summed E-state index contributed by atoms with van der Waals surface area (Å²) >= 11 is 1.85. The van der Waals surface area contributed by atoms with Gasteiger partial charge in [-0.15, -0.1) is 0 Å². The maximum Gasteiger partial charge on any atom is 0.201 e. The number of hydrogen-bond donors (Lipinski definition) is 1. The SMILES string of the molecule is COc1ccc2c(c1)nc(N)n2CC(C)CSC. The van der Waals surface area contributed by atoms with E-state index in [4.69, 9.17) is 10.5 Å². The number of methoxy groups -OCH3 is 1. The van der Waals surface area contributed by atoms with Crippen molar-refractivity contribution in [1.82, 2.24) is 9.55 Å². The van der Waals surface area contributed by atoms with Crippen LogP contribution in [0.5, 0.6) is 5.75 Å². The van der Waals surface area contributed by atoms with Gasteiger partial charge >= 0.3 is 0 Å². The van der Waals surface area contributed by atoms with Gasteiger partial charge in [-0.1, -0.05) is 6.92 Å². The van der Waals surface area contributed by atoms with Crippen molar-refractivity contribution in [3.8, 4) is 5.75 Å². The standard InChI is InChI=1S/C13H19N3OS/c1-9(8-18-3)7-16-12-5-4-10(17-2)6-11(12)15-13(16)14/h4-6,9H,7-8H2,1-3H3,(H2,14,15). The number of ether oxygens (including phenoxy) is 1. The van der Waals surface area contributed by atoms with Crippen LogP contribution in [0.2, 0.25) is 0 Å². The number of thioether (sulfide) groups is 1. The number of imidazole rings is 1. The predicted octanol–water partition coefficient (Wildman–Crippen LogP) is 2.63. The van der Waals surface area contributed by atoms with Crippen molar-refractivity contribution in [3.63, 3.8) is 0 Å². The molecule has 4 nitrogen and oxygen atoms in total. The Hall–Kier alpha value is -1.36. The third-order valence-electron chi connectivity index (χ3n) is 2.93. The van der Waals surface area contributed by atoms with Gasteiger partial charge in [0.1, 0.15) is 5.75 Å². The zero-order valence-electron chi connectivity index (χ0n) is 11.0. The molecule has 1 atom stereocenters. The second-order valence-electron chi connectivity index (χ2n) is 4.50. The van der Waals surface area contributed by atoms with E-state index in [1.165, 1.54) is 0 Å². The first-order valence-corrected chi connectivity index (χ1v) is 7.33. The minimum absolute atomic E-state index is 0.571. The third-order valence-corrected chi connectivity index (χ3v) is 3.83. The van der Waals surface area contributed by atoms with Gasteiger partial charge in [-0.05, 0) is 30.1 Å². The summed E-state index contributed by atoms with van der Waals surface area (Å²) in [5.74, 6) is 3.08. The van der Waals surface area contributed by atoms with Crippen LogP contribution in [0, 0.1) is 5.92 Å². The summed E-state index contributed by atoms with van der Waals surface area (Å²) in [6.07, 6.45) is 2.12. The molecule has 0 saturated carbocycles. The van der Waals surface area contributed by atoms with E-state index in [1.807, 2.05) is 30.0 Å². The number of nitrogen functional groups attached to an aromatic ring is 1. The molecule has 18 heavy (non-hydrogen) atoms. The highest BCUT2D eigenvalue weighted by Gasteiger charge is 2.11. The van der Waals surface area contributed by atoms with Crippen molar-refractivity contribution >= 4 is 28.7 Å². The van der Waals surface area contributed by atoms with Crippen LogP contribution in [-0.2, 0) is 6.54 Å². The molecule has 1 heterocycles. The summed E-state index contributed by atoms with van der Waals surface area (Å²) in [4.78, 5) is 4.39. The monoisotopic (exact) mass is 265 g/mol. The van der Waals surface area contributed by atoms with Gasteiger partial charge in [0.15, 0.2) is 0 Å². The van der Waals surface area contributed by atoms with Crippen LogP contribution in [0.4, 0.5) is 5.95 Å². The summed E-state index contributed by atoms with van der Waals surface area (Å²) in [7, 11) is 1.65. The van der Waals surface area contributed by atoms with Gasteiger partial charge in [0.25, 0.3) is 0 Å². The van der Waals surface area contributed by atoms with E-state index in [2.05, 4.69) is 22.7 Å². The summed E-state index contributed by atoms with van der Waals surface area (Å²) in [6.45, 7) is 3.13. The molecule has 0 amide bonds. The van der Waals surface area contributed by atoms with Gasteiger partial charge in [0.2, 0.25) is 5.95 Å². The average Bonchev–Trinajstić information content (AvgIpc) is 2.65. The topological polar surface area (TPSA) is 53.1 Å². The Morgan fingerprint density at radius 2 is 2.28 bits per heavy atom. The van der Waals surface area contributed by atoms with Gasteiger partial charge in [-0.25, -0.2) is 4.98 Å². The van der Waals surface area contributed by atoms with Gasteiger partial charge in [-0.2, -0.15) is 11.8 Å². The maximum absolute atomic E-state index is 5.99. The van der Waals surface area contributed by atoms with Crippen LogP contribution in [0.25, 0.3) is 11.0 Å². The fraction of sp³-hybridized carbons (Fsp3) is 0.462. The third kappa shape index (κ3) is 2.56. The molecule has 2 rings (SSSR count). The lowest BCUT2D eigenvalue weighted by Crippen LogP contribution is -2.12. The Kier molecular flexibility index (Phi) is 4.01. The maximum atomic E-state index is 5.99. The number of anilines is 1. The molecular formula is C13H19N3OS. The largest absolute Gasteiger partial charge is 0.497 e. The molecule has 2 aromatic rings. The fourth-order valence-electron chi connectivity index (χ4n) is 2.10. The Morgan fingerprint density at radius 1 is 1.50 bits per heavy atom. The zero-order chi connectivity index (χ0) is 13.1. The Labute approximate surface area is 112 Å². The molecule has 1 aromatic heterocycles. The van der Waals surface area contributed by atoms with E-state index >= 15 is 0 Å². The Balaban J connectivity index is 2.35. The first kappa shape index (κ1) is 13.1. The van der Waals surface area contributed by atoms with E-state index < -0.39 is 0 Å². The Bertz CT molecular complexity index is 538. The molecule has 1 aromatic carbocycles. The van der Waals surface area contributed by atoms with Crippen molar-refractivity contribution in [2.45, 2.75) is 13.5 Å². The van der Waals surface area contributed by atoms with E-state index in [0.29, 0.717) is 11.9 Å². The summed E-state index contributed by atoms with van der Waals surface area (Å²) in [6, 6.07) is 5.88. The number of rotatable bonds is 5. The number of benzene rings is 1. The lowest BCUT2D eigenvalue weighted by Gasteiger charge is -2.12. The van der Waals surface area contributed by atoms with Gasteiger partial charge in [0, 0.05) is 12.6 Å². The molecule has 0 fully saturated rings. The molecule has 5 heteroatoms. The highest BCUT2D eigenvalue weighted by atomic mass is 32.2. The van der Waals surface area contributed by atoms with Gasteiger partial charge in [0.05, 0.1) is 18.1 Å². The highest BCUT2D eigenvalue weighted by Crippen LogP contribution is 2.24. The Morgan fingerprint density at radius 3 is 2.94 bits per heavy atom. The number of hydrogen-bond acceptors (Lipinski definition) is 4. The first-order valence-electron chi connectivity index (χ1n) is 5.94. The van der Waals surface area contributed by atoms with Crippen LogP contribution >= 0.6 is 11.8 Å². The normalized spacial score (nSPS) is 12.8. The first-order chi connectivity index (χ1) is 8.65. The van der Waals surface area contributed by atoms with Gasteiger partial charge < -0.3 is 15.0 Å². The van der Waals surface area contributed by atoms with Crippen molar-refractivity contribution in [3.05, 3.63) is 18.2 Å². The van der Waals surface area contributed by atoms with Crippen LogP contribution < -0.4 is 10.5 Å². The van der Waals surface area contributed by atoms with E-state index in [-0.39, 0.29) is 0 Å². The molecule has 0 saturated heterocycles. The number of fused-ring (bicyclic) bond motifs is 1. The zero-order valence-corrected chi connectivity index (χ0v) is 11.8.